The van der Waals surface area contributed by atoms with Gasteiger partial charge in [-0.2, -0.15) is 0 Å². The van der Waals surface area contributed by atoms with Crippen LogP contribution in [0.4, 0.5) is 0 Å². The first kappa shape index (κ1) is 4.00. The predicted octanol–water partition coefficient (Wildman–Crippen LogP) is 1.65. The second kappa shape index (κ2) is 1.52. The van der Waals surface area contributed by atoms with Crippen molar-refractivity contribution in [1.29, 1.82) is 0 Å². The van der Waals surface area contributed by atoms with E-state index in [1.54, 1.807) is 6.26 Å². The highest BCUT2D eigenvalue weighted by Crippen LogP contribution is 2.19. The maximum atomic E-state index is 5.34. The largest absolute Gasteiger partial charge is 0.474 e. The summed E-state index contributed by atoms with van der Waals surface area (Å²) in [6.45, 7) is 0. The molecule has 6 heavy (non-hydrogen) atoms. The van der Waals surface area contributed by atoms with Crippen LogP contribution < -0.4 is 0 Å². The summed E-state index contributed by atoms with van der Waals surface area (Å²) >= 11 is 5.34. The van der Waals surface area contributed by atoms with Crippen LogP contribution in [0.15, 0.2) is 12.3 Å². The van der Waals surface area contributed by atoms with Crippen LogP contribution in [0.1, 0.15) is 6.42 Å². The minimum Gasteiger partial charge on any atom is -0.474 e. The molecule has 0 saturated heterocycles. The van der Waals surface area contributed by atoms with Gasteiger partial charge in [0.2, 0.25) is 5.56 Å². The van der Waals surface area contributed by atoms with E-state index in [1.807, 2.05) is 6.08 Å². The van der Waals surface area contributed by atoms with Crippen molar-refractivity contribution >= 4 is 11.6 Å². The molecule has 0 aromatic heterocycles. The molecule has 1 heterocycles. The third-order valence-electron chi connectivity index (χ3n) is 0.570. The molecule has 1 radical (unpaired) electrons. The molecule has 1 aliphatic rings. The first-order chi connectivity index (χ1) is 2.89. The summed E-state index contributed by atoms with van der Waals surface area (Å²) in [7, 11) is 0. The molecule has 0 aromatic carbocycles. The average Bonchev–Trinajstić information content (AvgIpc) is 1.86. The molecular formula is C4H4ClO. The van der Waals surface area contributed by atoms with Crippen molar-refractivity contribution in [3.8, 4) is 0 Å². The van der Waals surface area contributed by atoms with Gasteiger partial charge in [0, 0.05) is 6.42 Å². The van der Waals surface area contributed by atoms with Gasteiger partial charge in [-0.15, -0.1) is 0 Å². The fraction of sp³-hybridized carbons (Fsp3) is 0.250. The van der Waals surface area contributed by atoms with Crippen molar-refractivity contribution in [2.45, 2.75) is 6.42 Å². The van der Waals surface area contributed by atoms with E-state index in [2.05, 4.69) is 4.74 Å². The summed E-state index contributed by atoms with van der Waals surface area (Å²) in [4.78, 5) is 0. The van der Waals surface area contributed by atoms with E-state index in [0.717, 1.165) is 6.42 Å². The number of ether oxygens (including phenoxy) is 1. The molecule has 0 atom stereocenters. The molecule has 1 rings (SSSR count). The minimum atomic E-state index is 0.565. The van der Waals surface area contributed by atoms with Gasteiger partial charge < -0.3 is 4.74 Å². The van der Waals surface area contributed by atoms with Gasteiger partial charge in [0.25, 0.3) is 0 Å². The molecule has 0 aliphatic carbocycles. The molecule has 0 spiro atoms. The smallest absolute Gasteiger partial charge is 0.238 e. The zero-order valence-corrected chi connectivity index (χ0v) is 3.90. The lowest BCUT2D eigenvalue weighted by atomic mass is 10.5. The van der Waals surface area contributed by atoms with Gasteiger partial charge in [-0.05, 0) is 6.08 Å². The van der Waals surface area contributed by atoms with E-state index < -0.39 is 0 Å². The highest BCUT2D eigenvalue weighted by molar-refractivity contribution is 6.25. The van der Waals surface area contributed by atoms with Crippen molar-refractivity contribution in [3.05, 3.63) is 17.9 Å². The fourth-order valence-corrected chi connectivity index (χ4v) is 0.451. The Morgan fingerprint density at radius 2 is 2.67 bits per heavy atom. The molecular weight excluding hydrogens is 99.5 g/mol. The number of rotatable bonds is 0. The second-order valence-corrected chi connectivity index (χ2v) is 1.47. The molecule has 1 aliphatic heterocycles. The molecule has 0 bridgehead atoms. The lowest BCUT2D eigenvalue weighted by molar-refractivity contribution is 0.331. The maximum absolute atomic E-state index is 5.34. The Bertz CT molecular complexity index is 61.9. The van der Waals surface area contributed by atoms with Crippen LogP contribution >= 0.6 is 11.6 Å². The number of hydrogen-bond acceptors (Lipinski definition) is 1. The van der Waals surface area contributed by atoms with E-state index in [1.165, 1.54) is 0 Å². The van der Waals surface area contributed by atoms with E-state index in [0.29, 0.717) is 5.56 Å². The Labute approximate surface area is 41.6 Å². The second-order valence-electron chi connectivity index (χ2n) is 1.05. The number of hydrogen-bond donors (Lipinski definition) is 0. The molecule has 33 valence electrons. The van der Waals surface area contributed by atoms with Crippen LogP contribution in [-0.4, -0.2) is 0 Å². The molecule has 0 N–H and O–H groups in total. The standard InChI is InChI=1S/C4H4ClO/c5-4-2-1-3-6-4/h1,3H,2H2. The zero-order valence-electron chi connectivity index (χ0n) is 3.15. The summed E-state index contributed by atoms with van der Waals surface area (Å²) in [5.41, 5.74) is 0.565. The Balaban J connectivity index is 2.32. The predicted molar refractivity (Wildman–Crippen MR) is 23.9 cm³/mol. The Kier molecular flexibility index (Phi) is 1.01. The lowest BCUT2D eigenvalue weighted by Gasteiger charge is -1.91. The van der Waals surface area contributed by atoms with Gasteiger partial charge in [0.1, 0.15) is 0 Å². The third-order valence-corrected chi connectivity index (χ3v) is 0.814. The van der Waals surface area contributed by atoms with Crippen LogP contribution in [0.2, 0.25) is 0 Å². The molecule has 0 saturated carbocycles. The normalized spacial score (nSPS) is 21.5. The van der Waals surface area contributed by atoms with E-state index in [-0.39, 0.29) is 0 Å². The average molecular weight is 104 g/mol. The first-order valence-electron chi connectivity index (χ1n) is 1.72. The van der Waals surface area contributed by atoms with Crippen LogP contribution in [0.5, 0.6) is 0 Å². The van der Waals surface area contributed by atoms with Crippen molar-refractivity contribution in [1.82, 2.24) is 0 Å². The highest BCUT2D eigenvalue weighted by atomic mass is 35.5. The summed E-state index contributed by atoms with van der Waals surface area (Å²) in [5, 5.41) is 0. The maximum Gasteiger partial charge on any atom is 0.238 e. The van der Waals surface area contributed by atoms with Gasteiger partial charge in [0.05, 0.1) is 6.26 Å². The summed E-state index contributed by atoms with van der Waals surface area (Å²) in [5.74, 6) is 0. The van der Waals surface area contributed by atoms with E-state index in [9.17, 15) is 0 Å². The third kappa shape index (κ3) is 0.658. The molecule has 1 nitrogen and oxygen atoms in total. The van der Waals surface area contributed by atoms with Crippen molar-refractivity contribution in [2.24, 2.45) is 0 Å². The molecule has 0 fully saturated rings. The van der Waals surface area contributed by atoms with Crippen molar-refractivity contribution in [2.75, 3.05) is 0 Å². The van der Waals surface area contributed by atoms with Crippen molar-refractivity contribution in [3.63, 3.8) is 0 Å². The zero-order chi connectivity index (χ0) is 4.41. The summed E-state index contributed by atoms with van der Waals surface area (Å²) in [6, 6.07) is 0. The summed E-state index contributed by atoms with van der Waals surface area (Å²) < 4.78 is 4.65. The van der Waals surface area contributed by atoms with Gasteiger partial charge in [-0.25, -0.2) is 0 Å². The first-order valence-corrected chi connectivity index (χ1v) is 2.10. The Morgan fingerprint density at radius 3 is 2.83 bits per heavy atom. The Hall–Kier alpha value is -0.170. The van der Waals surface area contributed by atoms with Crippen LogP contribution in [0, 0.1) is 5.56 Å². The fourth-order valence-electron chi connectivity index (χ4n) is 0.311. The summed E-state index contributed by atoms with van der Waals surface area (Å²) in [6.07, 6.45) is 4.21. The van der Waals surface area contributed by atoms with E-state index >= 15 is 0 Å². The van der Waals surface area contributed by atoms with Crippen LogP contribution in [-0.2, 0) is 4.74 Å². The molecule has 0 unspecified atom stereocenters. The van der Waals surface area contributed by atoms with Crippen molar-refractivity contribution < 1.29 is 4.74 Å². The van der Waals surface area contributed by atoms with Gasteiger partial charge in [-0.3, -0.25) is 0 Å². The monoisotopic (exact) mass is 103 g/mol. The van der Waals surface area contributed by atoms with Gasteiger partial charge in [-0.1, -0.05) is 11.6 Å². The van der Waals surface area contributed by atoms with E-state index in [4.69, 9.17) is 11.6 Å². The highest BCUT2D eigenvalue weighted by Gasteiger charge is 2.05. The van der Waals surface area contributed by atoms with Gasteiger partial charge in [0.15, 0.2) is 0 Å². The Morgan fingerprint density at radius 1 is 1.83 bits per heavy atom. The molecule has 2 heteroatoms. The topological polar surface area (TPSA) is 9.23 Å². The van der Waals surface area contributed by atoms with Gasteiger partial charge >= 0.3 is 0 Å². The minimum absolute atomic E-state index is 0.565. The molecule has 0 amide bonds. The van der Waals surface area contributed by atoms with Crippen LogP contribution in [0.3, 0.4) is 0 Å². The molecule has 0 aromatic rings. The lowest BCUT2D eigenvalue weighted by Crippen LogP contribution is -1.76. The van der Waals surface area contributed by atoms with Crippen LogP contribution in [0.25, 0.3) is 0 Å². The SMILES string of the molecule is Cl[C]1CC=CO1. The number of halogens is 1. The quantitative estimate of drug-likeness (QED) is 0.453.